The maximum absolute atomic E-state index is 12.1. The molecular formula is C10H12N2O5S. The SMILES string of the molecule is Cc1cc([N+](=O)[O-])ccc1S(=O)(=O)N1CC(O)C1. The number of aliphatic hydroxyl groups is 1. The topological polar surface area (TPSA) is 101 Å². The van der Waals surface area contributed by atoms with Gasteiger partial charge in [-0.1, -0.05) is 0 Å². The van der Waals surface area contributed by atoms with Crippen molar-refractivity contribution in [1.82, 2.24) is 4.31 Å². The van der Waals surface area contributed by atoms with Crippen molar-refractivity contribution in [2.45, 2.75) is 17.9 Å². The highest BCUT2D eigenvalue weighted by molar-refractivity contribution is 7.89. The van der Waals surface area contributed by atoms with E-state index >= 15 is 0 Å². The normalized spacial score (nSPS) is 17.4. The summed E-state index contributed by atoms with van der Waals surface area (Å²) in [6.45, 7) is 1.65. The van der Waals surface area contributed by atoms with E-state index in [1.165, 1.54) is 19.1 Å². The van der Waals surface area contributed by atoms with Gasteiger partial charge in [0.15, 0.2) is 0 Å². The quantitative estimate of drug-likeness (QED) is 0.628. The van der Waals surface area contributed by atoms with Crippen molar-refractivity contribution in [2.24, 2.45) is 0 Å². The van der Waals surface area contributed by atoms with Crippen molar-refractivity contribution in [3.8, 4) is 0 Å². The largest absolute Gasteiger partial charge is 0.390 e. The molecule has 0 bridgehead atoms. The van der Waals surface area contributed by atoms with Crippen LogP contribution in [-0.2, 0) is 10.0 Å². The van der Waals surface area contributed by atoms with Gasteiger partial charge in [0.25, 0.3) is 5.69 Å². The monoisotopic (exact) mass is 272 g/mol. The number of hydrogen-bond acceptors (Lipinski definition) is 5. The maximum Gasteiger partial charge on any atom is 0.269 e. The predicted molar refractivity (Wildman–Crippen MR) is 62.6 cm³/mol. The van der Waals surface area contributed by atoms with E-state index in [0.717, 1.165) is 10.4 Å². The van der Waals surface area contributed by atoms with Crippen LogP contribution in [0.25, 0.3) is 0 Å². The Kier molecular flexibility index (Phi) is 3.09. The minimum atomic E-state index is -3.66. The molecule has 8 heteroatoms. The molecule has 0 atom stereocenters. The van der Waals surface area contributed by atoms with Crippen LogP contribution in [0.1, 0.15) is 5.56 Å². The summed E-state index contributed by atoms with van der Waals surface area (Å²) in [5, 5.41) is 19.7. The molecule has 0 unspecified atom stereocenters. The number of rotatable bonds is 3. The fourth-order valence-corrected chi connectivity index (χ4v) is 3.51. The molecule has 1 saturated heterocycles. The molecule has 0 aliphatic carbocycles. The van der Waals surface area contributed by atoms with Gasteiger partial charge in [0.05, 0.1) is 15.9 Å². The lowest BCUT2D eigenvalue weighted by Crippen LogP contribution is -2.53. The van der Waals surface area contributed by atoms with Crippen molar-refractivity contribution in [2.75, 3.05) is 13.1 Å². The highest BCUT2D eigenvalue weighted by Crippen LogP contribution is 2.26. The Labute approximate surface area is 104 Å². The Morgan fingerprint density at radius 3 is 2.50 bits per heavy atom. The summed E-state index contributed by atoms with van der Waals surface area (Å²) in [5.74, 6) is 0. The Bertz CT molecular complexity index is 592. The molecule has 0 amide bonds. The van der Waals surface area contributed by atoms with E-state index in [4.69, 9.17) is 5.11 Å². The summed E-state index contributed by atoms with van der Waals surface area (Å²) >= 11 is 0. The van der Waals surface area contributed by atoms with Crippen molar-refractivity contribution >= 4 is 15.7 Å². The smallest absolute Gasteiger partial charge is 0.269 e. The average molecular weight is 272 g/mol. The van der Waals surface area contributed by atoms with Gasteiger partial charge in [-0.15, -0.1) is 0 Å². The molecule has 1 heterocycles. The minimum absolute atomic E-state index is 0.0417. The third-order valence-corrected chi connectivity index (χ3v) is 4.81. The number of β-amino-alcohol motifs (C(OH)–C–C–N with tert-alkyl or cyclic N) is 1. The molecule has 1 fully saturated rings. The Morgan fingerprint density at radius 2 is 2.06 bits per heavy atom. The van der Waals surface area contributed by atoms with Crippen molar-refractivity contribution in [3.63, 3.8) is 0 Å². The summed E-state index contributed by atoms with van der Waals surface area (Å²) in [6.07, 6.45) is -0.627. The number of hydrogen-bond donors (Lipinski definition) is 1. The number of aryl methyl sites for hydroxylation is 1. The summed E-state index contributed by atoms with van der Waals surface area (Å²) in [7, 11) is -3.66. The van der Waals surface area contributed by atoms with Crippen molar-refractivity contribution in [1.29, 1.82) is 0 Å². The zero-order valence-corrected chi connectivity index (χ0v) is 10.4. The Balaban J connectivity index is 2.37. The van der Waals surface area contributed by atoms with Crippen LogP contribution in [0, 0.1) is 17.0 Å². The Hall–Kier alpha value is -1.51. The first-order valence-electron chi connectivity index (χ1n) is 5.25. The van der Waals surface area contributed by atoms with E-state index in [-0.39, 0.29) is 23.7 Å². The first-order valence-corrected chi connectivity index (χ1v) is 6.69. The van der Waals surface area contributed by atoms with Gasteiger partial charge in [0.2, 0.25) is 10.0 Å². The zero-order valence-electron chi connectivity index (χ0n) is 9.61. The van der Waals surface area contributed by atoms with Crippen LogP contribution in [0.2, 0.25) is 0 Å². The minimum Gasteiger partial charge on any atom is -0.390 e. The molecule has 1 N–H and O–H groups in total. The third-order valence-electron chi connectivity index (χ3n) is 2.82. The molecule has 1 aromatic rings. The van der Waals surface area contributed by atoms with Gasteiger partial charge >= 0.3 is 0 Å². The molecule has 7 nitrogen and oxygen atoms in total. The zero-order chi connectivity index (χ0) is 13.5. The summed E-state index contributed by atoms with van der Waals surface area (Å²) in [6, 6.07) is 3.62. The highest BCUT2D eigenvalue weighted by atomic mass is 32.2. The third kappa shape index (κ3) is 2.09. The molecule has 1 aromatic carbocycles. The molecule has 98 valence electrons. The molecule has 0 radical (unpaired) electrons. The van der Waals surface area contributed by atoms with E-state index in [9.17, 15) is 18.5 Å². The van der Waals surface area contributed by atoms with E-state index in [2.05, 4.69) is 0 Å². The second-order valence-corrected chi connectivity index (χ2v) is 6.09. The van der Waals surface area contributed by atoms with Gasteiger partial charge in [-0.2, -0.15) is 4.31 Å². The summed E-state index contributed by atoms with van der Waals surface area (Å²) < 4.78 is 25.4. The van der Waals surface area contributed by atoms with Gasteiger partial charge < -0.3 is 5.11 Å². The van der Waals surface area contributed by atoms with E-state index in [0.29, 0.717) is 5.56 Å². The lowest BCUT2D eigenvalue weighted by atomic mass is 10.2. The lowest BCUT2D eigenvalue weighted by Gasteiger charge is -2.34. The van der Waals surface area contributed by atoms with Gasteiger partial charge in [0.1, 0.15) is 0 Å². The van der Waals surface area contributed by atoms with Crippen LogP contribution in [0.3, 0.4) is 0 Å². The van der Waals surface area contributed by atoms with Gasteiger partial charge in [0, 0.05) is 25.2 Å². The molecule has 0 spiro atoms. The number of nitro benzene ring substituents is 1. The summed E-state index contributed by atoms with van der Waals surface area (Å²) in [4.78, 5) is 10.0. The Morgan fingerprint density at radius 1 is 1.44 bits per heavy atom. The first-order chi connectivity index (χ1) is 8.32. The van der Waals surface area contributed by atoms with Crippen LogP contribution in [0.4, 0.5) is 5.69 Å². The van der Waals surface area contributed by atoms with E-state index < -0.39 is 21.1 Å². The number of non-ortho nitro benzene ring substituents is 1. The predicted octanol–water partition coefficient (Wildman–Crippen LogP) is 0.268. The van der Waals surface area contributed by atoms with Crippen molar-refractivity contribution in [3.05, 3.63) is 33.9 Å². The number of aliphatic hydroxyl groups excluding tert-OH is 1. The number of nitrogens with zero attached hydrogens (tertiary/aromatic N) is 2. The van der Waals surface area contributed by atoms with Gasteiger partial charge in [-0.05, 0) is 18.6 Å². The second kappa shape index (κ2) is 4.30. The van der Waals surface area contributed by atoms with Gasteiger partial charge in [-0.25, -0.2) is 8.42 Å². The highest BCUT2D eigenvalue weighted by Gasteiger charge is 2.36. The standard InChI is InChI=1S/C10H12N2O5S/c1-7-4-8(12(14)15)2-3-10(7)18(16,17)11-5-9(13)6-11/h2-4,9,13H,5-6H2,1H3. The molecule has 0 aromatic heterocycles. The van der Waals surface area contributed by atoms with Gasteiger partial charge in [-0.3, -0.25) is 10.1 Å². The van der Waals surface area contributed by atoms with Crippen LogP contribution in [0.15, 0.2) is 23.1 Å². The van der Waals surface area contributed by atoms with Crippen LogP contribution in [0.5, 0.6) is 0 Å². The molecule has 1 aliphatic rings. The lowest BCUT2D eigenvalue weighted by molar-refractivity contribution is -0.385. The molecular weight excluding hydrogens is 260 g/mol. The molecule has 1 aliphatic heterocycles. The first kappa shape index (κ1) is 12.9. The molecule has 18 heavy (non-hydrogen) atoms. The molecule has 2 rings (SSSR count). The van der Waals surface area contributed by atoms with E-state index in [1.807, 2.05) is 0 Å². The average Bonchev–Trinajstić information content (AvgIpc) is 2.24. The maximum atomic E-state index is 12.1. The van der Waals surface area contributed by atoms with Crippen molar-refractivity contribution < 1.29 is 18.4 Å². The fraction of sp³-hybridized carbons (Fsp3) is 0.400. The summed E-state index contributed by atoms with van der Waals surface area (Å²) in [5.41, 5.74) is 0.181. The molecule has 0 saturated carbocycles. The number of sulfonamides is 1. The second-order valence-electron chi connectivity index (χ2n) is 4.18. The van der Waals surface area contributed by atoms with Crippen LogP contribution in [-0.4, -0.2) is 41.9 Å². The van der Waals surface area contributed by atoms with E-state index in [1.54, 1.807) is 0 Å². The fourth-order valence-electron chi connectivity index (χ4n) is 1.79. The van der Waals surface area contributed by atoms with Crippen LogP contribution < -0.4 is 0 Å². The number of benzene rings is 1. The number of nitro groups is 1. The van der Waals surface area contributed by atoms with Crippen LogP contribution >= 0.6 is 0 Å².